The van der Waals surface area contributed by atoms with Gasteiger partial charge in [-0.05, 0) is 73.1 Å². The zero-order valence-electron chi connectivity index (χ0n) is 22.0. The highest BCUT2D eigenvalue weighted by Crippen LogP contribution is 2.35. The third-order valence-corrected chi connectivity index (χ3v) is 8.08. The van der Waals surface area contributed by atoms with Gasteiger partial charge < -0.3 is 20.3 Å². The molecule has 2 aliphatic rings. The number of hydrogen-bond donors (Lipinski definition) is 2. The van der Waals surface area contributed by atoms with Crippen LogP contribution in [0, 0.1) is 0 Å². The summed E-state index contributed by atoms with van der Waals surface area (Å²) < 4.78 is 5.41. The fraction of sp³-hybridized carbons (Fsp3) is 0.167. The maximum Gasteiger partial charge on any atom is 0.286 e. The Kier molecular flexibility index (Phi) is 7.58. The fourth-order valence-corrected chi connectivity index (χ4v) is 6.05. The molecule has 1 atom stereocenters. The SMILES string of the molecule is COc1ccccc1/C=C1/SC(N2CCC[C@H]2C(=O)Nc2ccc3ncnc(Nc4cccc(Cl)c4)c3c2)=NC1=O. The van der Waals surface area contributed by atoms with Gasteiger partial charge >= 0.3 is 0 Å². The predicted octanol–water partition coefficient (Wildman–Crippen LogP) is 6.11. The third-order valence-electron chi connectivity index (χ3n) is 6.83. The molecule has 2 N–H and O–H groups in total. The van der Waals surface area contributed by atoms with Gasteiger partial charge in [-0.1, -0.05) is 35.9 Å². The van der Waals surface area contributed by atoms with E-state index in [0.29, 0.717) is 45.3 Å². The van der Waals surface area contributed by atoms with Crippen molar-refractivity contribution in [3.8, 4) is 5.75 Å². The van der Waals surface area contributed by atoms with Crippen LogP contribution in [-0.4, -0.2) is 51.5 Å². The summed E-state index contributed by atoms with van der Waals surface area (Å²) in [7, 11) is 1.59. The van der Waals surface area contributed by atoms with Crippen molar-refractivity contribution in [1.29, 1.82) is 0 Å². The first-order valence-corrected chi connectivity index (χ1v) is 14.2. The standard InChI is InChI=1S/C30H25ClN6O3S/c1-40-25-10-3-2-6-18(25)14-26-29(39)36-30(41-26)37-13-5-9-24(37)28(38)35-21-11-12-23-22(16-21)27(33-17-32-23)34-20-8-4-7-19(31)15-20/h2-4,6-8,10-12,14-17,24H,5,9,13H2,1H3,(H,35,38)(H,32,33,34)/b26-14+/t24-/m0/s1. The molecule has 4 aromatic rings. The number of carbonyl (C=O) groups is 2. The van der Waals surface area contributed by atoms with Crippen molar-refractivity contribution in [2.45, 2.75) is 18.9 Å². The predicted molar refractivity (Wildman–Crippen MR) is 164 cm³/mol. The Hall–Kier alpha value is -4.41. The van der Waals surface area contributed by atoms with Crippen molar-refractivity contribution in [2.24, 2.45) is 4.99 Å². The van der Waals surface area contributed by atoms with Crippen molar-refractivity contribution in [3.63, 3.8) is 0 Å². The number of ether oxygens (including phenoxy) is 1. The number of likely N-dealkylation sites (tertiary alicyclic amines) is 1. The van der Waals surface area contributed by atoms with E-state index in [9.17, 15) is 9.59 Å². The topological polar surface area (TPSA) is 109 Å². The molecule has 0 radical (unpaired) electrons. The highest BCUT2D eigenvalue weighted by atomic mass is 35.5. The molecule has 0 saturated carbocycles. The normalized spacial score (nSPS) is 17.7. The van der Waals surface area contributed by atoms with Crippen LogP contribution in [0.25, 0.3) is 17.0 Å². The third kappa shape index (κ3) is 5.75. The molecule has 3 heterocycles. The maximum atomic E-state index is 13.5. The first-order chi connectivity index (χ1) is 20.0. The van der Waals surface area contributed by atoms with Crippen LogP contribution < -0.4 is 15.4 Å². The number of amidine groups is 1. The molecule has 2 amide bonds. The lowest BCUT2D eigenvalue weighted by atomic mass is 10.1. The number of nitrogens with one attached hydrogen (secondary N) is 2. The molecule has 1 fully saturated rings. The number of thioether (sulfide) groups is 1. The number of para-hydroxylation sites is 1. The van der Waals surface area contributed by atoms with E-state index in [1.165, 1.54) is 18.1 Å². The minimum atomic E-state index is -0.452. The Bertz CT molecular complexity index is 1730. The first kappa shape index (κ1) is 26.8. The van der Waals surface area contributed by atoms with Crippen LogP contribution >= 0.6 is 23.4 Å². The van der Waals surface area contributed by atoms with Gasteiger partial charge in [0.05, 0.1) is 17.5 Å². The van der Waals surface area contributed by atoms with Gasteiger partial charge in [-0.25, -0.2) is 9.97 Å². The number of benzene rings is 3. The van der Waals surface area contributed by atoms with Gasteiger partial charge in [0.1, 0.15) is 23.9 Å². The van der Waals surface area contributed by atoms with Crippen molar-refractivity contribution in [3.05, 3.63) is 88.5 Å². The lowest BCUT2D eigenvalue weighted by Gasteiger charge is -2.24. The van der Waals surface area contributed by atoms with Gasteiger partial charge in [-0.15, -0.1) is 0 Å². The van der Waals surface area contributed by atoms with Gasteiger partial charge in [-0.3, -0.25) is 9.59 Å². The number of rotatable bonds is 6. The summed E-state index contributed by atoms with van der Waals surface area (Å²) in [5, 5.41) is 8.22. The van der Waals surface area contributed by atoms with E-state index in [4.69, 9.17) is 16.3 Å². The molecule has 0 bridgehead atoms. The summed E-state index contributed by atoms with van der Waals surface area (Å²) >= 11 is 7.42. The number of aromatic nitrogens is 2. The van der Waals surface area contributed by atoms with E-state index >= 15 is 0 Å². The van der Waals surface area contributed by atoms with Gasteiger partial charge in [0.25, 0.3) is 5.91 Å². The van der Waals surface area contributed by atoms with Crippen LogP contribution in [0.1, 0.15) is 18.4 Å². The number of anilines is 3. The number of carbonyl (C=O) groups excluding carboxylic acids is 2. The Morgan fingerprint density at radius 1 is 1.10 bits per heavy atom. The summed E-state index contributed by atoms with van der Waals surface area (Å²) in [6, 6.07) is 19.9. The van der Waals surface area contributed by atoms with E-state index in [1.54, 1.807) is 25.3 Å². The number of fused-ring (bicyclic) bond motifs is 1. The molecule has 2 aliphatic heterocycles. The second kappa shape index (κ2) is 11.6. The smallest absolute Gasteiger partial charge is 0.286 e. The fourth-order valence-electron chi connectivity index (χ4n) is 4.88. The molecule has 0 unspecified atom stereocenters. The molecule has 1 aromatic heterocycles. The summed E-state index contributed by atoms with van der Waals surface area (Å²) in [6.07, 6.45) is 4.74. The molecular formula is C30H25ClN6O3S. The number of nitrogens with zero attached hydrogens (tertiary/aromatic N) is 4. The van der Waals surface area contributed by atoms with Crippen LogP contribution in [0.5, 0.6) is 5.75 Å². The molecule has 0 spiro atoms. The molecule has 41 heavy (non-hydrogen) atoms. The molecule has 11 heteroatoms. The second-order valence-corrected chi connectivity index (χ2v) is 10.9. The number of halogens is 1. The Labute approximate surface area is 245 Å². The van der Waals surface area contributed by atoms with E-state index < -0.39 is 6.04 Å². The average molecular weight is 585 g/mol. The largest absolute Gasteiger partial charge is 0.496 e. The molecule has 206 valence electrons. The molecule has 3 aromatic carbocycles. The zero-order valence-corrected chi connectivity index (χ0v) is 23.6. The quantitative estimate of drug-likeness (QED) is 0.261. The highest BCUT2D eigenvalue weighted by molar-refractivity contribution is 8.18. The maximum absolute atomic E-state index is 13.5. The first-order valence-electron chi connectivity index (χ1n) is 13.0. The van der Waals surface area contributed by atoms with Gasteiger partial charge in [0, 0.05) is 33.9 Å². The van der Waals surface area contributed by atoms with Crippen LogP contribution in [0.15, 0.2) is 83.0 Å². The van der Waals surface area contributed by atoms with Crippen molar-refractivity contribution in [1.82, 2.24) is 14.9 Å². The van der Waals surface area contributed by atoms with Gasteiger partial charge in [-0.2, -0.15) is 4.99 Å². The monoisotopic (exact) mass is 584 g/mol. The van der Waals surface area contributed by atoms with E-state index in [0.717, 1.165) is 28.6 Å². The average Bonchev–Trinajstić information content (AvgIpc) is 3.61. The van der Waals surface area contributed by atoms with Crippen molar-refractivity contribution >= 4 is 74.5 Å². The highest BCUT2D eigenvalue weighted by Gasteiger charge is 2.37. The number of amides is 2. The van der Waals surface area contributed by atoms with Crippen molar-refractivity contribution in [2.75, 3.05) is 24.3 Å². The molecule has 9 nitrogen and oxygen atoms in total. The lowest BCUT2D eigenvalue weighted by molar-refractivity contribution is -0.119. The minimum Gasteiger partial charge on any atom is -0.496 e. The van der Waals surface area contributed by atoms with Gasteiger partial charge in [0.2, 0.25) is 5.91 Å². The van der Waals surface area contributed by atoms with E-state index in [1.807, 2.05) is 59.5 Å². The Morgan fingerprint density at radius 3 is 2.83 bits per heavy atom. The molecule has 1 saturated heterocycles. The lowest BCUT2D eigenvalue weighted by Crippen LogP contribution is -2.41. The number of aliphatic imine (C=N–C) groups is 1. The number of methoxy groups -OCH3 is 1. The van der Waals surface area contributed by atoms with E-state index in [2.05, 4.69) is 25.6 Å². The van der Waals surface area contributed by atoms with E-state index in [-0.39, 0.29) is 11.8 Å². The second-order valence-electron chi connectivity index (χ2n) is 9.48. The van der Waals surface area contributed by atoms with Crippen molar-refractivity contribution < 1.29 is 14.3 Å². The van der Waals surface area contributed by atoms with Crippen LogP contribution in [0.2, 0.25) is 5.02 Å². The van der Waals surface area contributed by atoms with Gasteiger partial charge in [0.15, 0.2) is 5.17 Å². The zero-order chi connectivity index (χ0) is 28.3. The Morgan fingerprint density at radius 2 is 1.98 bits per heavy atom. The minimum absolute atomic E-state index is 0.166. The summed E-state index contributed by atoms with van der Waals surface area (Å²) in [6.45, 7) is 0.637. The summed E-state index contributed by atoms with van der Waals surface area (Å²) in [5.74, 6) is 0.782. The molecule has 6 rings (SSSR count). The number of hydrogen-bond acceptors (Lipinski definition) is 8. The Balaban J connectivity index is 1.19. The summed E-state index contributed by atoms with van der Waals surface area (Å²) in [4.78, 5) is 41.7. The van der Waals surface area contributed by atoms with Crippen LogP contribution in [-0.2, 0) is 9.59 Å². The summed E-state index contributed by atoms with van der Waals surface area (Å²) in [5.41, 5.74) is 2.93. The molecule has 0 aliphatic carbocycles. The molecular weight excluding hydrogens is 560 g/mol. The van der Waals surface area contributed by atoms with Crippen LogP contribution in [0.3, 0.4) is 0 Å². The van der Waals surface area contributed by atoms with Crippen LogP contribution in [0.4, 0.5) is 17.2 Å².